The summed E-state index contributed by atoms with van der Waals surface area (Å²) in [5.41, 5.74) is 4.73. The first-order valence-corrected chi connectivity index (χ1v) is 7.38. The number of carbonyl (C=O) groups is 1. The molecule has 116 valence electrons. The quantitative estimate of drug-likeness (QED) is 0.537. The molecule has 23 heavy (non-hydrogen) atoms. The maximum Gasteiger partial charge on any atom is 0.330 e. The molecule has 1 heterocycles. The fraction of sp³-hybridized carbons (Fsp3) is 0.167. The van der Waals surface area contributed by atoms with Gasteiger partial charge in [0, 0.05) is 12.5 Å². The number of ether oxygens (including phenoxy) is 1. The highest BCUT2D eigenvalue weighted by Crippen LogP contribution is 2.18. The lowest BCUT2D eigenvalue weighted by Crippen LogP contribution is -2.08. The molecule has 5 heteroatoms. The van der Waals surface area contributed by atoms with Gasteiger partial charge >= 0.3 is 5.97 Å². The third-order valence-electron chi connectivity index (χ3n) is 3.53. The van der Waals surface area contributed by atoms with Crippen molar-refractivity contribution in [2.45, 2.75) is 13.3 Å². The van der Waals surface area contributed by atoms with Crippen molar-refractivity contribution < 1.29 is 9.53 Å². The van der Waals surface area contributed by atoms with E-state index in [0.717, 1.165) is 33.9 Å². The third kappa shape index (κ3) is 3.29. The van der Waals surface area contributed by atoms with Gasteiger partial charge in [-0.25, -0.2) is 4.79 Å². The molecule has 3 rings (SSSR count). The lowest BCUT2D eigenvalue weighted by atomic mass is 10.1. The SMILES string of the molecule is C=CC(=O)OCCc1ccc(C)cc1-n1nc2ccccc2n1. The summed E-state index contributed by atoms with van der Waals surface area (Å²) in [5.74, 6) is -0.415. The molecule has 0 saturated carbocycles. The van der Waals surface area contributed by atoms with Gasteiger partial charge in [-0.2, -0.15) is 4.80 Å². The number of rotatable bonds is 5. The summed E-state index contributed by atoms with van der Waals surface area (Å²) in [6.07, 6.45) is 1.75. The number of nitrogens with zero attached hydrogens (tertiary/aromatic N) is 3. The summed E-state index contributed by atoms with van der Waals surface area (Å²) in [5, 5.41) is 9.05. The normalized spacial score (nSPS) is 10.7. The van der Waals surface area contributed by atoms with Crippen LogP contribution in [0.5, 0.6) is 0 Å². The molecule has 0 radical (unpaired) electrons. The molecule has 5 nitrogen and oxygen atoms in total. The zero-order valence-corrected chi connectivity index (χ0v) is 12.9. The van der Waals surface area contributed by atoms with Crippen molar-refractivity contribution in [1.82, 2.24) is 15.0 Å². The molecular formula is C18H17N3O2. The van der Waals surface area contributed by atoms with Crippen molar-refractivity contribution in [2.75, 3.05) is 6.61 Å². The Morgan fingerprint density at radius 1 is 1.22 bits per heavy atom. The highest BCUT2D eigenvalue weighted by atomic mass is 16.5. The Morgan fingerprint density at radius 2 is 1.91 bits per heavy atom. The van der Waals surface area contributed by atoms with Crippen molar-refractivity contribution in [3.8, 4) is 5.69 Å². The molecule has 0 aliphatic heterocycles. The Bertz CT molecular complexity index is 835. The van der Waals surface area contributed by atoms with Crippen molar-refractivity contribution in [3.63, 3.8) is 0 Å². The van der Waals surface area contributed by atoms with Crippen molar-refractivity contribution in [3.05, 3.63) is 66.2 Å². The average molecular weight is 307 g/mol. The number of esters is 1. The third-order valence-corrected chi connectivity index (χ3v) is 3.53. The highest BCUT2D eigenvalue weighted by molar-refractivity contribution is 5.81. The van der Waals surface area contributed by atoms with Crippen molar-refractivity contribution in [1.29, 1.82) is 0 Å². The van der Waals surface area contributed by atoms with Gasteiger partial charge in [-0.3, -0.25) is 0 Å². The maximum atomic E-state index is 11.2. The number of hydrogen-bond donors (Lipinski definition) is 0. The van der Waals surface area contributed by atoms with Crippen LogP contribution in [0, 0.1) is 6.92 Å². The summed E-state index contributed by atoms with van der Waals surface area (Å²) in [6.45, 7) is 5.70. The Hall–Kier alpha value is -2.95. The van der Waals surface area contributed by atoms with E-state index in [0.29, 0.717) is 13.0 Å². The van der Waals surface area contributed by atoms with E-state index in [1.165, 1.54) is 0 Å². The molecular weight excluding hydrogens is 290 g/mol. The second kappa shape index (κ2) is 6.44. The molecule has 0 bridgehead atoms. The predicted octanol–water partition coefficient (Wildman–Crippen LogP) is 3.00. The van der Waals surface area contributed by atoms with E-state index < -0.39 is 5.97 Å². The molecule has 3 aromatic rings. The molecule has 0 amide bonds. The van der Waals surface area contributed by atoms with E-state index in [1.807, 2.05) is 49.4 Å². The van der Waals surface area contributed by atoms with Gasteiger partial charge in [0.05, 0.1) is 12.3 Å². The lowest BCUT2D eigenvalue weighted by Gasteiger charge is -2.09. The fourth-order valence-corrected chi connectivity index (χ4v) is 2.36. The van der Waals surface area contributed by atoms with Gasteiger partial charge in [-0.05, 0) is 36.2 Å². The van der Waals surface area contributed by atoms with E-state index in [1.54, 1.807) is 4.80 Å². The van der Waals surface area contributed by atoms with Gasteiger partial charge in [-0.15, -0.1) is 10.2 Å². The van der Waals surface area contributed by atoms with Crippen LogP contribution in [-0.2, 0) is 16.0 Å². The largest absolute Gasteiger partial charge is 0.462 e. The summed E-state index contributed by atoms with van der Waals surface area (Å²) in [7, 11) is 0. The Kier molecular flexibility index (Phi) is 4.19. The van der Waals surface area contributed by atoms with E-state index >= 15 is 0 Å². The zero-order chi connectivity index (χ0) is 16.2. The maximum absolute atomic E-state index is 11.2. The molecule has 2 aromatic carbocycles. The van der Waals surface area contributed by atoms with E-state index in [-0.39, 0.29) is 0 Å². The molecule has 0 N–H and O–H groups in total. The first kappa shape index (κ1) is 15.0. The lowest BCUT2D eigenvalue weighted by molar-refractivity contribution is -0.137. The minimum Gasteiger partial charge on any atom is -0.462 e. The Balaban J connectivity index is 1.92. The number of benzene rings is 2. The van der Waals surface area contributed by atoms with E-state index in [4.69, 9.17) is 4.74 Å². The fourth-order valence-electron chi connectivity index (χ4n) is 2.36. The highest BCUT2D eigenvalue weighted by Gasteiger charge is 2.10. The van der Waals surface area contributed by atoms with Crippen LogP contribution < -0.4 is 0 Å². The van der Waals surface area contributed by atoms with Gasteiger partial charge in [0.1, 0.15) is 11.0 Å². The summed E-state index contributed by atoms with van der Waals surface area (Å²) in [4.78, 5) is 12.8. The molecule has 0 atom stereocenters. The van der Waals surface area contributed by atoms with Gasteiger partial charge in [0.15, 0.2) is 0 Å². The summed E-state index contributed by atoms with van der Waals surface area (Å²) < 4.78 is 5.07. The monoisotopic (exact) mass is 307 g/mol. The Morgan fingerprint density at radius 3 is 2.57 bits per heavy atom. The van der Waals surface area contributed by atoms with Crippen molar-refractivity contribution in [2.24, 2.45) is 0 Å². The molecule has 0 aliphatic carbocycles. The number of aryl methyl sites for hydroxylation is 1. The number of hydrogen-bond acceptors (Lipinski definition) is 4. The predicted molar refractivity (Wildman–Crippen MR) is 88.5 cm³/mol. The van der Waals surface area contributed by atoms with E-state index in [2.05, 4.69) is 16.8 Å². The standard InChI is InChI=1S/C18H17N3O2/c1-3-18(22)23-11-10-14-9-8-13(2)12-17(14)21-19-15-6-4-5-7-16(15)20-21/h3-9,12H,1,10-11H2,2H3. The van der Waals surface area contributed by atoms with Crippen LogP contribution in [-0.4, -0.2) is 27.6 Å². The van der Waals surface area contributed by atoms with Crippen LogP contribution in [0.3, 0.4) is 0 Å². The van der Waals surface area contributed by atoms with Crippen LogP contribution in [0.25, 0.3) is 16.7 Å². The topological polar surface area (TPSA) is 57.0 Å². The molecule has 0 unspecified atom stereocenters. The smallest absolute Gasteiger partial charge is 0.330 e. The molecule has 0 fully saturated rings. The molecule has 0 aliphatic rings. The van der Waals surface area contributed by atoms with Crippen LogP contribution in [0.4, 0.5) is 0 Å². The molecule has 0 spiro atoms. The zero-order valence-electron chi connectivity index (χ0n) is 12.9. The van der Waals surface area contributed by atoms with Crippen LogP contribution in [0.1, 0.15) is 11.1 Å². The number of carbonyl (C=O) groups excluding carboxylic acids is 1. The van der Waals surface area contributed by atoms with Crippen LogP contribution in [0.15, 0.2) is 55.1 Å². The summed E-state index contributed by atoms with van der Waals surface area (Å²) in [6, 6.07) is 13.8. The minimum absolute atomic E-state index is 0.293. The second-order valence-electron chi connectivity index (χ2n) is 5.23. The first-order valence-electron chi connectivity index (χ1n) is 7.38. The first-order chi connectivity index (χ1) is 11.2. The molecule has 0 saturated heterocycles. The van der Waals surface area contributed by atoms with E-state index in [9.17, 15) is 4.79 Å². The van der Waals surface area contributed by atoms with Gasteiger partial charge in [0.2, 0.25) is 0 Å². The van der Waals surface area contributed by atoms with Gasteiger partial charge in [-0.1, -0.05) is 30.8 Å². The van der Waals surface area contributed by atoms with Crippen LogP contribution >= 0.6 is 0 Å². The number of fused-ring (bicyclic) bond motifs is 1. The average Bonchev–Trinajstić information content (AvgIpc) is 2.99. The second-order valence-corrected chi connectivity index (χ2v) is 5.23. The van der Waals surface area contributed by atoms with Gasteiger partial charge in [0.25, 0.3) is 0 Å². The Labute approximate surface area is 134 Å². The number of aromatic nitrogens is 3. The van der Waals surface area contributed by atoms with Crippen molar-refractivity contribution >= 4 is 17.0 Å². The molecule has 1 aromatic heterocycles. The van der Waals surface area contributed by atoms with Gasteiger partial charge < -0.3 is 4.74 Å². The van der Waals surface area contributed by atoms with Crippen LogP contribution in [0.2, 0.25) is 0 Å². The minimum atomic E-state index is -0.415. The summed E-state index contributed by atoms with van der Waals surface area (Å²) >= 11 is 0.